The van der Waals surface area contributed by atoms with E-state index in [0.29, 0.717) is 0 Å². The van der Waals surface area contributed by atoms with E-state index in [9.17, 15) is 0 Å². The van der Waals surface area contributed by atoms with Gasteiger partial charge in [0.25, 0.3) is 11.6 Å². The van der Waals surface area contributed by atoms with Gasteiger partial charge in [-0.25, -0.2) is 0 Å². The van der Waals surface area contributed by atoms with Crippen molar-refractivity contribution in [2.24, 2.45) is 0 Å². The van der Waals surface area contributed by atoms with Crippen molar-refractivity contribution >= 4 is 0 Å². The number of rotatable bonds is 0. The highest BCUT2D eigenvalue weighted by Crippen LogP contribution is 2.54. The van der Waals surface area contributed by atoms with Crippen LogP contribution >= 0.6 is 0 Å². The van der Waals surface area contributed by atoms with Crippen LogP contribution in [0.2, 0.25) is 0 Å². The summed E-state index contributed by atoms with van der Waals surface area (Å²) in [6, 6.07) is 0. The quantitative estimate of drug-likeness (QED) is 0.623. The molecular formula is C12H18O7. The van der Waals surface area contributed by atoms with E-state index in [1.165, 1.54) is 6.42 Å². The fourth-order valence-electron chi connectivity index (χ4n) is 3.07. The fourth-order valence-corrected chi connectivity index (χ4v) is 3.07. The highest BCUT2D eigenvalue weighted by atomic mass is 17.4. The van der Waals surface area contributed by atoms with Crippen molar-refractivity contribution in [3.63, 3.8) is 0 Å². The van der Waals surface area contributed by atoms with Crippen LogP contribution in [0.1, 0.15) is 46.0 Å². The fraction of sp³-hybridized carbons (Fsp3) is 1.00. The van der Waals surface area contributed by atoms with E-state index in [1.807, 2.05) is 0 Å². The van der Waals surface area contributed by atoms with E-state index in [2.05, 4.69) is 0 Å². The second-order valence-corrected chi connectivity index (χ2v) is 5.86. The van der Waals surface area contributed by atoms with Crippen LogP contribution < -0.4 is 0 Å². The molecule has 1 aliphatic carbocycles. The molecule has 0 aromatic rings. The van der Waals surface area contributed by atoms with Crippen molar-refractivity contribution in [2.45, 2.75) is 69.3 Å². The maximum Gasteiger partial charge on any atom is 0.312 e. The summed E-state index contributed by atoms with van der Waals surface area (Å²) in [4.78, 5) is 21.3. The van der Waals surface area contributed by atoms with Gasteiger partial charge in [-0.05, 0) is 19.8 Å². The van der Waals surface area contributed by atoms with E-state index < -0.39 is 23.3 Å². The Balaban J connectivity index is 1.62. The van der Waals surface area contributed by atoms with Crippen LogP contribution in [0.4, 0.5) is 0 Å². The van der Waals surface area contributed by atoms with Crippen LogP contribution in [-0.2, 0) is 33.8 Å². The first-order valence-electron chi connectivity index (χ1n) is 6.77. The van der Waals surface area contributed by atoms with Crippen LogP contribution in [-0.4, -0.2) is 29.9 Å². The zero-order valence-corrected chi connectivity index (χ0v) is 11.1. The maximum absolute atomic E-state index is 6.10. The molecule has 4 aliphatic rings. The Hall–Kier alpha value is -0.280. The lowest BCUT2D eigenvalue weighted by molar-refractivity contribution is -0.460. The van der Waals surface area contributed by atoms with Crippen molar-refractivity contribution in [2.75, 3.05) is 6.61 Å². The molecule has 0 aromatic heterocycles. The lowest BCUT2D eigenvalue weighted by atomic mass is 9.93. The average Bonchev–Trinajstić information content (AvgIpc) is 2.87. The van der Waals surface area contributed by atoms with Gasteiger partial charge < -0.3 is 9.47 Å². The Morgan fingerprint density at radius 1 is 0.789 bits per heavy atom. The molecule has 0 amide bonds. The largest absolute Gasteiger partial charge is 0.320 e. The second kappa shape index (κ2) is 3.67. The summed E-state index contributed by atoms with van der Waals surface area (Å²) < 4.78 is 17.2. The van der Waals surface area contributed by atoms with Gasteiger partial charge in [0.05, 0.1) is 0 Å². The monoisotopic (exact) mass is 274 g/mol. The molecule has 2 spiro atoms. The number of ether oxygens (including phenoxy) is 3. The molecule has 108 valence electrons. The van der Waals surface area contributed by atoms with Crippen molar-refractivity contribution in [3.8, 4) is 0 Å². The molecule has 4 fully saturated rings. The smallest absolute Gasteiger partial charge is 0.312 e. The van der Waals surface area contributed by atoms with Gasteiger partial charge in [0.2, 0.25) is 5.79 Å². The summed E-state index contributed by atoms with van der Waals surface area (Å²) in [5.41, 5.74) is 0. The zero-order chi connectivity index (χ0) is 13.2. The number of hydrogen-bond donors (Lipinski definition) is 0. The first kappa shape index (κ1) is 12.5. The van der Waals surface area contributed by atoms with Crippen LogP contribution in [0.5, 0.6) is 0 Å². The molecule has 0 N–H and O–H groups in total. The van der Waals surface area contributed by atoms with Crippen LogP contribution in [0.3, 0.4) is 0 Å². The van der Waals surface area contributed by atoms with Crippen LogP contribution in [0, 0.1) is 0 Å². The van der Waals surface area contributed by atoms with Gasteiger partial charge >= 0.3 is 5.97 Å². The summed E-state index contributed by atoms with van der Waals surface area (Å²) in [5, 5.41) is 0. The van der Waals surface area contributed by atoms with Crippen molar-refractivity contribution in [1.82, 2.24) is 0 Å². The Bertz CT molecular complexity index is 396. The predicted molar refractivity (Wildman–Crippen MR) is 57.8 cm³/mol. The third-order valence-corrected chi connectivity index (χ3v) is 4.24. The summed E-state index contributed by atoms with van der Waals surface area (Å²) >= 11 is 0. The van der Waals surface area contributed by atoms with E-state index in [0.717, 1.165) is 25.7 Å². The maximum atomic E-state index is 6.10. The van der Waals surface area contributed by atoms with E-state index in [4.69, 9.17) is 33.8 Å². The van der Waals surface area contributed by atoms with Gasteiger partial charge in [0, 0.05) is 19.8 Å². The lowest BCUT2D eigenvalue weighted by Crippen LogP contribution is -2.63. The Morgan fingerprint density at radius 3 is 2.37 bits per heavy atom. The molecule has 0 radical (unpaired) electrons. The summed E-state index contributed by atoms with van der Waals surface area (Å²) in [6.07, 6.45) is 4.87. The van der Waals surface area contributed by atoms with Gasteiger partial charge in [-0.15, -0.1) is 0 Å². The highest BCUT2D eigenvalue weighted by molar-refractivity contribution is 4.95. The zero-order valence-electron chi connectivity index (χ0n) is 11.1. The lowest BCUT2D eigenvalue weighted by Gasteiger charge is -2.41. The first-order valence-corrected chi connectivity index (χ1v) is 6.77. The topological polar surface area (TPSA) is 64.6 Å². The minimum absolute atomic E-state index is 0.127. The first-order chi connectivity index (χ1) is 8.99. The molecule has 0 aromatic carbocycles. The third kappa shape index (κ3) is 1.64. The van der Waals surface area contributed by atoms with Gasteiger partial charge in [0.1, 0.15) is 6.61 Å². The average molecular weight is 274 g/mol. The minimum Gasteiger partial charge on any atom is -0.320 e. The van der Waals surface area contributed by atoms with E-state index in [-0.39, 0.29) is 6.61 Å². The Labute approximate surface area is 110 Å². The molecule has 1 saturated carbocycles. The highest BCUT2D eigenvalue weighted by Gasteiger charge is 2.73. The Kier molecular flexibility index (Phi) is 2.41. The SMILES string of the molecule is CC12OCC3(OOC4(CCCCC4)O3)C(C)(OO1)O2. The molecule has 7 nitrogen and oxygen atoms in total. The predicted octanol–water partition coefficient (Wildman–Crippen LogP) is 1.72. The minimum atomic E-state index is -1.25. The van der Waals surface area contributed by atoms with Crippen molar-refractivity contribution < 1.29 is 33.8 Å². The number of fused-ring (bicyclic) bond motifs is 3. The van der Waals surface area contributed by atoms with E-state index in [1.54, 1.807) is 13.8 Å². The third-order valence-electron chi connectivity index (χ3n) is 4.24. The standard InChI is InChI=1S/C12H18O7/c1-9-12(8-13-10(2,14-9)17-16-9)15-11(18-19-12)6-4-3-5-7-11/h3-8H2,1-2H3. The van der Waals surface area contributed by atoms with E-state index >= 15 is 0 Å². The van der Waals surface area contributed by atoms with Gasteiger partial charge in [-0.3, -0.25) is 4.74 Å². The molecule has 3 atom stereocenters. The molecule has 4 rings (SSSR count). The Morgan fingerprint density at radius 2 is 1.58 bits per heavy atom. The molecule has 7 heteroatoms. The van der Waals surface area contributed by atoms with Gasteiger partial charge in [0.15, 0.2) is 0 Å². The summed E-state index contributed by atoms with van der Waals surface area (Å²) in [6.45, 7) is 3.46. The molecule has 19 heavy (non-hydrogen) atoms. The molecule has 3 saturated heterocycles. The summed E-state index contributed by atoms with van der Waals surface area (Å²) in [7, 11) is 0. The van der Waals surface area contributed by atoms with Crippen molar-refractivity contribution in [1.29, 1.82) is 0 Å². The normalized spacial score (nSPS) is 52.1. The van der Waals surface area contributed by atoms with Gasteiger partial charge in [-0.2, -0.15) is 19.6 Å². The molecule has 3 aliphatic heterocycles. The van der Waals surface area contributed by atoms with Crippen LogP contribution in [0.15, 0.2) is 0 Å². The molecule has 3 unspecified atom stereocenters. The summed E-state index contributed by atoms with van der Waals surface area (Å²) in [5.74, 6) is -4.38. The second-order valence-electron chi connectivity index (χ2n) is 5.86. The van der Waals surface area contributed by atoms with Crippen LogP contribution in [0.25, 0.3) is 0 Å². The molecule has 2 bridgehead atoms. The number of hydrogen-bond acceptors (Lipinski definition) is 7. The van der Waals surface area contributed by atoms with Gasteiger partial charge in [-0.1, -0.05) is 6.42 Å². The molecular weight excluding hydrogens is 256 g/mol. The molecule has 3 heterocycles. The van der Waals surface area contributed by atoms with Crippen molar-refractivity contribution in [3.05, 3.63) is 0 Å².